The van der Waals surface area contributed by atoms with Gasteiger partial charge in [0.05, 0.1) is 17.2 Å². The smallest absolute Gasteiger partial charge is 0.341 e. The van der Waals surface area contributed by atoms with Crippen LogP contribution in [0.1, 0.15) is 41.1 Å². The molecule has 1 aromatic heterocycles. The summed E-state index contributed by atoms with van der Waals surface area (Å²) in [5.74, 6) is -0.406. The van der Waals surface area contributed by atoms with Crippen LogP contribution in [0, 0.1) is 0 Å². The Balaban J connectivity index is 1.76. The SMILES string of the molecule is CCOC(=O)c1c(NC(=O)C(C)Oc2ccc(Cl)cc2Cl)sc2c1CCC2. The summed E-state index contributed by atoms with van der Waals surface area (Å²) in [4.78, 5) is 26.1. The van der Waals surface area contributed by atoms with E-state index in [1.807, 2.05) is 0 Å². The Morgan fingerprint density at radius 3 is 2.78 bits per heavy atom. The molecule has 1 aliphatic carbocycles. The van der Waals surface area contributed by atoms with Crippen molar-refractivity contribution in [2.75, 3.05) is 11.9 Å². The first-order valence-corrected chi connectivity index (χ1v) is 10.2. The zero-order valence-corrected chi connectivity index (χ0v) is 17.3. The number of anilines is 1. The number of ether oxygens (including phenoxy) is 2. The summed E-state index contributed by atoms with van der Waals surface area (Å²) < 4.78 is 10.8. The zero-order chi connectivity index (χ0) is 19.6. The molecule has 0 saturated heterocycles. The molecule has 0 bridgehead atoms. The number of thiophene rings is 1. The van der Waals surface area contributed by atoms with Crippen LogP contribution >= 0.6 is 34.5 Å². The molecule has 1 amide bonds. The third kappa shape index (κ3) is 4.39. The second kappa shape index (κ2) is 8.50. The van der Waals surface area contributed by atoms with Gasteiger partial charge in [-0.15, -0.1) is 11.3 Å². The van der Waals surface area contributed by atoms with Gasteiger partial charge in [-0.2, -0.15) is 0 Å². The lowest BCUT2D eigenvalue weighted by atomic mass is 10.1. The molecule has 5 nitrogen and oxygen atoms in total. The molecular formula is C19H19Cl2NO4S. The van der Waals surface area contributed by atoms with E-state index in [9.17, 15) is 9.59 Å². The van der Waals surface area contributed by atoms with Crippen LogP contribution < -0.4 is 10.1 Å². The minimum Gasteiger partial charge on any atom is -0.479 e. The minimum absolute atomic E-state index is 0.283. The fourth-order valence-corrected chi connectivity index (χ4v) is 4.67. The van der Waals surface area contributed by atoms with Crippen LogP contribution in [0.5, 0.6) is 5.75 Å². The van der Waals surface area contributed by atoms with Crippen molar-refractivity contribution in [1.29, 1.82) is 0 Å². The summed E-state index contributed by atoms with van der Waals surface area (Å²) in [7, 11) is 0. The van der Waals surface area contributed by atoms with Gasteiger partial charge in [0, 0.05) is 9.90 Å². The Morgan fingerprint density at radius 1 is 1.30 bits per heavy atom. The number of rotatable bonds is 6. The van der Waals surface area contributed by atoms with Crippen molar-refractivity contribution >= 4 is 51.4 Å². The quantitative estimate of drug-likeness (QED) is 0.649. The minimum atomic E-state index is -0.810. The number of aryl methyl sites for hydroxylation is 1. The Kier molecular flexibility index (Phi) is 6.29. The summed E-state index contributed by atoms with van der Waals surface area (Å²) in [5.41, 5.74) is 1.46. The fourth-order valence-electron chi connectivity index (χ4n) is 2.94. The second-order valence-corrected chi connectivity index (χ2v) is 8.05. The van der Waals surface area contributed by atoms with E-state index in [4.69, 9.17) is 32.7 Å². The molecular weight excluding hydrogens is 409 g/mol. The number of halogens is 2. The molecule has 0 spiro atoms. The normalized spacial score (nSPS) is 13.8. The van der Waals surface area contributed by atoms with Crippen molar-refractivity contribution in [2.45, 2.75) is 39.2 Å². The van der Waals surface area contributed by atoms with Gasteiger partial charge < -0.3 is 14.8 Å². The molecule has 1 unspecified atom stereocenters. The third-order valence-corrected chi connectivity index (χ3v) is 5.94. The maximum Gasteiger partial charge on any atom is 0.341 e. The molecule has 1 aromatic carbocycles. The molecule has 1 heterocycles. The zero-order valence-electron chi connectivity index (χ0n) is 14.9. The van der Waals surface area contributed by atoms with Crippen LogP contribution in [0.15, 0.2) is 18.2 Å². The van der Waals surface area contributed by atoms with Gasteiger partial charge in [0.1, 0.15) is 10.8 Å². The Morgan fingerprint density at radius 2 is 2.07 bits per heavy atom. The van der Waals surface area contributed by atoms with E-state index in [0.29, 0.717) is 26.4 Å². The summed E-state index contributed by atoms with van der Waals surface area (Å²) >= 11 is 13.4. The van der Waals surface area contributed by atoms with Crippen LogP contribution in [-0.4, -0.2) is 24.6 Å². The lowest BCUT2D eigenvalue weighted by Crippen LogP contribution is -2.30. The Bertz CT molecular complexity index is 881. The maximum atomic E-state index is 12.6. The van der Waals surface area contributed by atoms with Gasteiger partial charge >= 0.3 is 5.97 Å². The first kappa shape index (κ1) is 20.0. The lowest BCUT2D eigenvalue weighted by Gasteiger charge is -2.16. The van der Waals surface area contributed by atoms with E-state index < -0.39 is 12.1 Å². The number of esters is 1. The number of fused-ring (bicyclic) bond motifs is 1. The van der Waals surface area contributed by atoms with E-state index >= 15 is 0 Å². The third-order valence-electron chi connectivity index (χ3n) is 4.20. The van der Waals surface area contributed by atoms with Gasteiger partial charge in [-0.25, -0.2) is 4.79 Å². The first-order chi connectivity index (χ1) is 12.9. The van der Waals surface area contributed by atoms with Crippen molar-refractivity contribution in [3.63, 3.8) is 0 Å². The van der Waals surface area contributed by atoms with Gasteiger partial charge in [-0.05, 0) is 56.9 Å². The molecule has 3 rings (SSSR count). The number of hydrogen-bond acceptors (Lipinski definition) is 5. The number of carbonyl (C=O) groups excluding carboxylic acids is 2. The molecule has 8 heteroatoms. The van der Waals surface area contributed by atoms with Crippen LogP contribution in [0.3, 0.4) is 0 Å². The second-order valence-electron chi connectivity index (χ2n) is 6.11. The number of benzene rings is 1. The summed E-state index contributed by atoms with van der Waals surface area (Å²) in [5, 5.41) is 4.14. The number of amides is 1. The van der Waals surface area contributed by atoms with Gasteiger partial charge in [-0.1, -0.05) is 23.2 Å². The van der Waals surface area contributed by atoms with E-state index in [-0.39, 0.29) is 12.5 Å². The summed E-state index contributed by atoms with van der Waals surface area (Å²) in [6, 6.07) is 4.79. The van der Waals surface area contributed by atoms with E-state index in [2.05, 4.69) is 5.32 Å². The van der Waals surface area contributed by atoms with Crippen LogP contribution in [-0.2, 0) is 22.4 Å². The highest BCUT2D eigenvalue weighted by Crippen LogP contribution is 2.39. The molecule has 0 fully saturated rings. The van der Waals surface area contributed by atoms with E-state index in [0.717, 1.165) is 29.7 Å². The van der Waals surface area contributed by atoms with Crippen LogP contribution in [0.25, 0.3) is 0 Å². The average molecular weight is 428 g/mol. The first-order valence-electron chi connectivity index (χ1n) is 8.65. The summed E-state index contributed by atoms with van der Waals surface area (Å²) in [6.07, 6.45) is 1.93. The highest BCUT2D eigenvalue weighted by Gasteiger charge is 2.29. The molecule has 1 atom stereocenters. The van der Waals surface area contributed by atoms with E-state index in [1.165, 1.54) is 11.3 Å². The number of nitrogens with one attached hydrogen (secondary N) is 1. The molecule has 27 heavy (non-hydrogen) atoms. The maximum absolute atomic E-state index is 12.6. The van der Waals surface area contributed by atoms with Crippen molar-refractivity contribution in [2.24, 2.45) is 0 Å². The van der Waals surface area contributed by atoms with Gasteiger partial charge in [0.25, 0.3) is 5.91 Å². The number of carbonyl (C=O) groups is 2. The largest absolute Gasteiger partial charge is 0.479 e. The number of hydrogen-bond donors (Lipinski definition) is 1. The van der Waals surface area contributed by atoms with Crippen molar-refractivity contribution in [3.8, 4) is 5.75 Å². The van der Waals surface area contributed by atoms with Crippen molar-refractivity contribution in [1.82, 2.24) is 0 Å². The average Bonchev–Trinajstić information content (AvgIpc) is 3.17. The highest BCUT2D eigenvalue weighted by atomic mass is 35.5. The van der Waals surface area contributed by atoms with E-state index in [1.54, 1.807) is 32.0 Å². The topological polar surface area (TPSA) is 64.6 Å². The molecule has 1 N–H and O–H groups in total. The molecule has 2 aromatic rings. The van der Waals surface area contributed by atoms with Gasteiger partial charge in [0.2, 0.25) is 0 Å². The highest BCUT2D eigenvalue weighted by molar-refractivity contribution is 7.17. The lowest BCUT2D eigenvalue weighted by molar-refractivity contribution is -0.122. The Hall–Kier alpha value is -1.76. The standard InChI is InChI=1S/C19H19Cl2NO4S/c1-3-25-19(24)16-12-5-4-6-15(12)27-18(16)22-17(23)10(2)26-14-8-7-11(20)9-13(14)21/h7-10H,3-6H2,1-2H3,(H,22,23). The molecule has 0 saturated carbocycles. The van der Waals surface area contributed by atoms with Gasteiger partial charge in [0.15, 0.2) is 6.10 Å². The van der Waals surface area contributed by atoms with Crippen LogP contribution in [0.2, 0.25) is 10.0 Å². The summed E-state index contributed by atoms with van der Waals surface area (Å²) in [6.45, 7) is 3.66. The molecule has 0 radical (unpaired) electrons. The molecule has 1 aliphatic rings. The fraction of sp³-hybridized carbons (Fsp3) is 0.368. The molecule has 0 aliphatic heterocycles. The predicted molar refractivity (Wildman–Crippen MR) is 107 cm³/mol. The van der Waals surface area contributed by atoms with Crippen molar-refractivity contribution < 1.29 is 19.1 Å². The molecule has 144 valence electrons. The Labute approximate surface area is 171 Å². The van der Waals surface area contributed by atoms with Crippen molar-refractivity contribution in [3.05, 3.63) is 44.2 Å². The van der Waals surface area contributed by atoms with Gasteiger partial charge in [-0.3, -0.25) is 4.79 Å². The monoisotopic (exact) mass is 427 g/mol. The predicted octanol–water partition coefficient (Wildman–Crippen LogP) is 5.13. The van der Waals surface area contributed by atoms with Crippen LogP contribution in [0.4, 0.5) is 5.00 Å².